The molecule has 0 aliphatic heterocycles. The van der Waals surface area contributed by atoms with Gasteiger partial charge in [0.05, 0.1) is 6.20 Å². The zero-order valence-corrected chi connectivity index (χ0v) is 6.68. The van der Waals surface area contributed by atoms with Crippen LogP contribution in [-0.2, 0) is 0 Å². The molecule has 0 fully saturated rings. The van der Waals surface area contributed by atoms with Gasteiger partial charge in [-0.1, -0.05) is 12.1 Å². The van der Waals surface area contributed by atoms with Crippen molar-refractivity contribution in [1.82, 2.24) is 4.98 Å². The van der Waals surface area contributed by atoms with Crippen LogP contribution in [0.3, 0.4) is 0 Å². The molecule has 4 heteroatoms. The number of para-hydroxylation sites is 2. The lowest BCUT2D eigenvalue weighted by Crippen LogP contribution is -1.83. The van der Waals surface area contributed by atoms with Gasteiger partial charge >= 0.3 is 6.08 Å². The van der Waals surface area contributed by atoms with Gasteiger partial charge in [0.25, 0.3) is 0 Å². The lowest BCUT2D eigenvalue weighted by atomic mass is 10.3. The van der Waals surface area contributed by atoms with E-state index >= 15 is 0 Å². The summed E-state index contributed by atoms with van der Waals surface area (Å²) in [6.07, 6.45) is 2.98. The van der Waals surface area contributed by atoms with Crippen molar-refractivity contribution in [2.75, 3.05) is 0 Å². The SMILES string of the molecule is Oc1ccccc1Oc1ncco1. The third-order valence-electron chi connectivity index (χ3n) is 1.47. The summed E-state index contributed by atoms with van der Waals surface area (Å²) in [7, 11) is 0. The average Bonchev–Trinajstić information content (AvgIpc) is 2.61. The Morgan fingerprint density at radius 1 is 1.31 bits per heavy atom. The van der Waals surface area contributed by atoms with Gasteiger partial charge < -0.3 is 14.3 Å². The van der Waals surface area contributed by atoms with Crippen molar-refractivity contribution < 1.29 is 14.3 Å². The summed E-state index contributed by atoms with van der Waals surface area (Å²) in [6, 6.07) is 6.60. The molecule has 0 aliphatic rings. The molecule has 4 nitrogen and oxygen atoms in total. The molecule has 2 aromatic rings. The molecule has 1 aromatic heterocycles. The van der Waals surface area contributed by atoms with Crippen LogP contribution >= 0.6 is 0 Å². The fourth-order valence-corrected chi connectivity index (χ4v) is 0.898. The summed E-state index contributed by atoms with van der Waals surface area (Å²) < 4.78 is 9.97. The van der Waals surface area contributed by atoms with E-state index in [9.17, 15) is 5.11 Å². The van der Waals surface area contributed by atoms with Gasteiger partial charge in [0.2, 0.25) is 0 Å². The predicted molar refractivity (Wildman–Crippen MR) is 44.7 cm³/mol. The molecule has 1 heterocycles. The number of ether oxygens (including phenoxy) is 1. The molecular weight excluding hydrogens is 170 g/mol. The first-order valence-corrected chi connectivity index (χ1v) is 3.71. The predicted octanol–water partition coefficient (Wildman–Crippen LogP) is 2.17. The second-order valence-corrected chi connectivity index (χ2v) is 2.37. The van der Waals surface area contributed by atoms with Crippen LogP contribution < -0.4 is 4.74 Å². The number of aromatic hydroxyl groups is 1. The molecule has 66 valence electrons. The standard InChI is InChI=1S/C9H7NO3/c11-7-3-1-2-4-8(7)13-9-10-5-6-12-9/h1-6,11H. The number of benzene rings is 1. The molecule has 0 bridgehead atoms. The second kappa shape index (κ2) is 3.18. The number of hydrogen-bond donors (Lipinski definition) is 1. The third-order valence-corrected chi connectivity index (χ3v) is 1.47. The quantitative estimate of drug-likeness (QED) is 0.763. The molecule has 0 saturated carbocycles. The summed E-state index contributed by atoms with van der Waals surface area (Å²) in [5.74, 6) is 0.380. The molecule has 0 unspecified atom stereocenters. The molecule has 2 rings (SSSR count). The summed E-state index contributed by atoms with van der Waals surface area (Å²) >= 11 is 0. The minimum Gasteiger partial charge on any atom is -0.504 e. The van der Waals surface area contributed by atoms with Gasteiger partial charge in [0.15, 0.2) is 11.5 Å². The van der Waals surface area contributed by atoms with Gasteiger partial charge in [-0.15, -0.1) is 0 Å². The lowest BCUT2D eigenvalue weighted by Gasteiger charge is -2.01. The van der Waals surface area contributed by atoms with Gasteiger partial charge in [-0.25, -0.2) is 0 Å². The average molecular weight is 177 g/mol. The van der Waals surface area contributed by atoms with Gasteiger partial charge in [-0.2, -0.15) is 4.98 Å². The summed E-state index contributed by atoms with van der Waals surface area (Å²) in [5.41, 5.74) is 0. The first-order valence-electron chi connectivity index (χ1n) is 3.71. The zero-order valence-electron chi connectivity index (χ0n) is 6.68. The van der Waals surface area contributed by atoms with Gasteiger partial charge in [-0.3, -0.25) is 0 Å². The van der Waals surface area contributed by atoms with E-state index in [1.54, 1.807) is 18.2 Å². The number of nitrogens with zero attached hydrogens (tertiary/aromatic N) is 1. The summed E-state index contributed by atoms with van der Waals surface area (Å²) in [5, 5.41) is 9.31. The van der Waals surface area contributed by atoms with Crippen LogP contribution in [0, 0.1) is 0 Å². The van der Waals surface area contributed by atoms with Crippen LogP contribution in [0.2, 0.25) is 0 Å². The molecular formula is C9H7NO3. The van der Waals surface area contributed by atoms with Crippen molar-refractivity contribution >= 4 is 0 Å². The van der Waals surface area contributed by atoms with Crippen LogP contribution in [0.25, 0.3) is 0 Å². The number of rotatable bonds is 2. The van der Waals surface area contributed by atoms with Gasteiger partial charge in [0.1, 0.15) is 6.26 Å². The summed E-state index contributed by atoms with van der Waals surface area (Å²) in [4.78, 5) is 3.75. The number of phenols is 1. The Kier molecular flexibility index (Phi) is 1.88. The highest BCUT2D eigenvalue weighted by Gasteiger charge is 2.04. The van der Waals surface area contributed by atoms with E-state index in [2.05, 4.69) is 4.98 Å². The van der Waals surface area contributed by atoms with Crippen molar-refractivity contribution in [2.24, 2.45) is 0 Å². The fourth-order valence-electron chi connectivity index (χ4n) is 0.898. The number of phenolic OH excluding ortho intramolecular Hbond substituents is 1. The van der Waals surface area contributed by atoms with Crippen molar-refractivity contribution in [3.8, 4) is 17.6 Å². The van der Waals surface area contributed by atoms with E-state index in [-0.39, 0.29) is 11.8 Å². The molecule has 1 N–H and O–H groups in total. The van der Waals surface area contributed by atoms with Crippen LogP contribution in [0.4, 0.5) is 0 Å². The first kappa shape index (κ1) is 7.67. The Labute approximate surface area is 74.4 Å². The third kappa shape index (κ3) is 1.61. The van der Waals surface area contributed by atoms with E-state index < -0.39 is 0 Å². The molecule has 0 saturated heterocycles. The van der Waals surface area contributed by atoms with Crippen molar-refractivity contribution in [3.05, 3.63) is 36.7 Å². The molecule has 1 aromatic carbocycles. The van der Waals surface area contributed by atoms with Crippen LogP contribution in [0.15, 0.2) is 41.1 Å². The molecule has 0 amide bonds. The maximum absolute atomic E-state index is 9.31. The lowest BCUT2D eigenvalue weighted by molar-refractivity contribution is 0.315. The first-order chi connectivity index (χ1) is 6.36. The second-order valence-electron chi connectivity index (χ2n) is 2.37. The maximum Gasteiger partial charge on any atom is 0.399 e. The van der Waals surface area contributed by atoms with Crippen LogP contribution in [0.5, 0.6) is 17.6 Å². The number of aromatic nitrogens is 1. The van der Waals surface area contributed by atoms with Gasteiger partial charge in [0, 0.05) is 0 Å². The van der Waals surface area contributed by atoms with E-state index in [0.29, 0.717) is 5.75 Å². The van der Waals surface area contributed by atoms with Crippen LogP contribution in [-0.4, -0.2) is 10.1 Å². The highest BCUT2D eigenvalue weighted by atomic mass is 16.6. The number of hydrogen-bond acceptors (Lipinski definition) is 4. The molecule has 13 heavy (non-hydrogen) atoms. The van der Waals surface area contributed by atoms with E-state index in [1.807, 2.05) is 0 Å². The monoisotopic (exact) mass is 177 g/mol. The topological polar surface area (TPSA) is 55.5 Å². The van der Waals surface area contributed by atoms with Crippen molar-refractivity contribution in [3.63, 3.8) is 0 Å². The molecule has 0 atom stereocenters. The van der Waals surface area contributed by atoms with E-state index in [0.717, 1.165) is 0 Å². The minimum atomic E-state index is 0.0562. The van der Waals surface area contributed by atoms with Crippen molar-refractivity contribution in [2.45, 2.75) is 0 Å². The largest absolute Gasteiger partial charge is 0.504 e. The molecule has 0 aliphatic carbocycles. The Morgan fingerprint density at radius 3 is 2.85 bits per heavy atom. The normalized spacial score (nSPS) is 9.85. The fraction of sp³-hybridized carbons (Fsp3) is 0. The Morgan fingerprint density at radius 2 is 2.15 bits per heavy atom. The minimum absolute atomic E-state index is 0.0562. The summed E-state index contributed by atoms with van der Waals surface area (Å²) in [6.45, 7) is 0. The Hall–Kier alpha value is -1.97. The van der Waals surface area contributed by atoms with Crippen molar-refractivity contribution in [1.29, 1.82) is 0 Å². The Bertz CT molecular complexity index is 384. The number of oxazole rings is 1. The highest BCUT2D eigenvalue weighted by molar-refractivity contribution is 5.39. The molecule has 0 radical (unpaired) electrons. The smallest absolute Gasteiger partial charge is 0.399 e. The van der Waals surface area contributed by atoms with Gasteiger partial charge in [-0.05, 0) is 12.1 Å². The zero-order chi connectivity index (χ0) is 9.10. The van der Waals surface area contributed by atoms with E-state index in [4.69, 9.17) is 9.15 Å². The maximum atomic E-state index is 9.31. The Balaban J connectivity index is 2.24. The van der Waals surface area contributed by atoms with Crippen LogP contribution in [0.1, 0.15) is 0 Å². The van der Waals surface area contributed by atoms with E-state index in [1.165, 1.54) is 18.5 Å². The molecule has 0 spiro atoms. The highest BCUT2D eigenvalue weighted by Crippen LogP contribution is 2.28.